The molecule has 0 saturated heterocycles. The largest absolute Gasteiger partial charge is 0.334 e. The zero-order chi connectivity index (χ0) is 14.2. The molecule has 1 N–H and O–H groups in total. The molecule has 1 fully saturated rings. The Morgan fingerprint density at radius 1 is 1.50 bits per heavy atom. The monoisotopic (exact) mass is 372 g/mol. The van der Waals surface area contributed by atoms with E-state index in [4.69, 9.17) is 16.6 Å². The highest BCUT2D eigenvalue weighted by Crippen LogP contribution is 2.42. The van der Waals surface area contributed by atoms with Gasteiger partial charge in [0, 0.05) is 15.2 Å². The molecule has 2 atom stereocenters. The second-order valence-corrected chi connectivity index (χ2v) is 8.14. The van der Waals surface area contributed by atoms with Gasteiger partial charge >= 0.3 is 0 Å². The van der Waals surface area contributed by atoms with Crippen molar-refractivity contribution in [3.8, 4) is 0 Å². The smallest absolute Gasteiger partial charge is 0.161 e. The van der Waals surface area contributed by atoms with Crippen LogP contribution in [0.2, 0.25) is 5.02 Å². The Balaban J connectivity index is 1.75. The Labute approximate surface area is 137 Å². The van der Waals surface area contributed by atoms with Gasteiger partial charge in [0.15, 0.2) is 5.17 Å². The molecule has 2 nitrogen and oxygen atoms in total. The van der Waals surface area contributed by atoms with Crippen molar-refractivity contribution in [2.45, 2.75) is 38.1 Å². The topological polar surface area (TPSA) is 24.4 Å². The fraction of sp³-hybridized carbons (Fsp3) is 0.533. The molecule has 0 bridgehead atoms. The normalized spacial score (nSPS) is 29.6. The fourth-order valence-electron chi connectivity index (χ4n) is 3.12. The van der Waals surface area contributed by atoms with E-state index in [-0.39, 0.29) is 5.54 Å². The fourth-order valence-corrected chi connectivity index (χ4v) is 5.07. The van der Waals surface area contributed by atoms with E-state index in [9.17, 15) is 0 Å². The Morgan fingerprint density at radius 2 is 2.35 bits per heavy atom. The summed E-state index contributed by atoms with van der Waals surface area (Å²) >= 11 is 11.4. The van der Waals surface area contributed by atoms with Gasteiger partial charge in [0.2, 0.25) is 0 Å². The Kier molecular flexibility index (Phi) is 4.34. The SMILES string of the molecule is CC1CCCC2(CSC(Nc3ccc(Cl)cc3Br)=N2)C1. The number of amidine groups is 1. The predicted molar refractivity (Wildman–Crippen MR) is 93.0 cm³/mol. The van der Waals surface area contributed by atoms with Gasteiger partial charge in [-0.1, -0.05) is 43.1 Å². The standard InChI is InChI=1S/C15H18BrClN2S/c1-10-3-2-6-15(8-10)9-20-14(19-15)18-13-5-4-11(17)7-12(13)16/h4-5,7,10H,2-3,6,8-9H2,1H3,(H,18,19). The number of aliphatic imine (C=N–C) groups is 1. The molecule has 1 aromatic carbocycles. The highest BCUT2D eigenvalue weighted by molar-refractivity contribution is 9.10. The quantitative estimate of drug-likeness (QED) is 0.696. The number of anilines is 1. The molecule has 1 aromatic rings. The first-order valence-electron chi connectivity index (χ1n) is 7.01. The van der Waals surface area contributed by atoms with Crippen molar-refractivity contribution < 1.29 is 0 Å². The van der Waals surface area contributed by atoms with E-state index < -0.39 is 0 Å². The van der Waals surface area contributed by atoms with Crippen LogP contribution in [0, 0.1) is 5.92 Å². The third-order valence-corrected chi connectivity index (χ3v) is 6.10. The van der Waals surface area contributed by atoms with Gasteiger partial charge in [0.25, 0.3) is 0 Å². The lowest BCUT2D eigenvalue weighted by molar-refractivity contribution is 0.266. The number of benzene rings is 1. The molecular weight excluding hydrogens is 356 g/mol. The summed E-state index contributed by atoms with van der Waals surface area (Å²) < 4.78 is 0.978. The lowest BCUT2D eigenvalue weighted by Gasteiger charge is -2.33. The van der Waals surface area contributed by atoms with E-state index in [0.717, 1.165) is 32.0 Å². The van der Waals surface area contributed by atoms with Crippen LogP contribution in [0.5, 0.6) is 0 Å². The minimum absolute atomic E-state index is 0.184. The van der Waals surface area contributed by atoms with E-state index in [1.807, 2.05) is 30.0 Å². The Hall–Kier alpha value is -0.190. The molecule has 0 amide bonds. The first kappa shape index (κ1) is 14.7. The Morgan fingerprint density at radius 3 is 3.10 bits per heavy atom. The van der Waals surface area contributed by atoms with Crippen LogP contribution in [-0.4, -0.2) is 16.5 Å². The van der Waals surface area contributed by atoms with E-state index in [2.05, 4.69) is 28.2 Å². The van der Waals surface area contributed by atoms with Crippen molar-refractivity contribution in [1.82, 2.24) is 0 Å². The van der Waals surface area contributed by atoms with Gasteiger partial charge in [0.1, 0.15) is 0 Å². The van der Waals surface area contributed by atoms with Crippen LogP contribution >= 0.6 is 39.3 Å². The highest BCUT2D eigenvalue weighted by Gasteiger charge is 2.39. The molecule has 2 aliphatic rings. The highest BCUT2D eigenvalue weighted by atomic mass is 79.9. The summed E-state index contributed by atoms with van der Waals surface area (Å²) in [4.78, 5) is 5.00. The molecule has 0 radical (unpaired) electrons. The molecule has 1 heterocycles. The number of nitrogens with one attached hydrogen (secondary N) is 1. The predicted octanol–water partition coefficient (Wildman–Crippen LogP) is 5.57. The summed E-state index contributed by atoms with van der Waals surface area (Å²) in [7, 11) is 0. The number of rotatable bonds is 1. The maximum absolute atomic E-state index is 5.97. The number of thioether (sulfide) groups is 1. The third kappa shape index (κ3) is 3.18. The van der Waals surface area contributed by atoms with Crippen LogP contribution in [0.4, 0.5) is 5.69 Å². The molecular formula is C15H18BrClN2S. The minimum Gasteiger partial charge on any atom is -0.334 e. The summed E-state index contributed by atoms with van der Waals surface area (Å²) in [5.41, 5.74) is 1.21. The van der Waals surface area contributed by atoms with Crippen molar-refractivity contribution in [3.05, 3.63) is 27.7 Å². The Bertz CT molecular complexity index is 549. The van der Waals surface area contributed by atoms with Gasteiger partial charge in [0.05, 0.1) is 11.2 Å². The molecule has 1 aliphatic heterocycles. The van der Waals surface area contributed by atoms with Gasteiger partial charge in [-0.15, -0.1) is 0 Å². The van der Waals surface area contributed by atoms with Crippen LogP contribution in [0.3, 0.4) is 0 Å². The van der Waals surface area contributed by atoms with Crippen LogP contribution in [0.1, 0.15) is 32.6 Å². The minimum atomic E-state index is 0.184. The van der Waals surface area contributed by atoms with Crippen molar-refractivity contribution in [3.63, 3.8) is 0 Å². The molecule has 1 saturated carbocycles. The average molecular weight is 374 g/mol. The summed E-state index contributed by atoms with van der Waals surface area (Å²) in [6, 6.07) is 5.79. The zero-order valence-corrected chi connectivity index (χ0v) is 14.6. The number of hydrogen-bond acceptors (Lipinski definition) is 3. The van der Waals surface area contributed by atoms with Crippen molar-refractivity contribution in [2.24, 2.45) is 10.9 Å². The van der Waals surface area contributed by atoms with Gasteiger partial charge in [-0.05, 0) is 52.9 Å². The molecule has 2 unspecified atom stereocenters. The zero-order valence-electron chi connectivity index (χ0n) is 11.5. The van der Waals surface area contributed by atoms with Crippen molar-refractivity contribution >= 4 is 50.1 Å². The maximum atomic E-state index is 5.97. The lowest BCUT2D eigenvalue weighted by Crippen LogP contribution is -2.33. The average Bonchev–Trinajstić information content (AvgIpc) is 2.75. The number of halogens is 2. The summed E-state index contributed by atoms with van der Waals surface area (Å²) in [5, 5.41) is 5.21. The van der Waals surface area contributed by atoms with Gasteiger partial charge in [-0.25, -0.2) is 0 Å². The first-order chi connectivity index (χ1) is 9.56. The van der Waals surface area contributed by atoms with Crippen LogP contribution in [0.15, 0.2) is 27.7 Å². The molecule has 1 aliphatic carbocycles. The van der Waals surface area contributed by atoms with Gasteiger partial charge in [-0.2, -0.15) is 0 Å². The van der Waals surface area contributed by atoms with E-state index in [1.54, 1.807) is 0 Å². The first-order valence-corrected chi connectivity index (χ1v) is 9.17. The maximum Gasteiger partial charge on any atom is 0.161 e. The van der Waals surface area contributed by atoms with E-state index >= 15 is 0 Å². The lowest BCUT2D eigenvalue weighted by atomic mass is 9.78. The summed E-state index contributed by atoms with van der Waals surface area (Å²) in [6.45, 7) is 2.35. The molecule has 20 heavy (non-hydrogen) atoms. The number of nitrogens with zero attached hydrogens (tertiary/aromatic N) is 1. The second-order valence-electron chi connectivity index (χ2n) is 5.88. The number of hydrogen-bond donors (Lipinski definition) is 1. The molecule has 1 spiro atoms. The summed E-state index contributed by atoms with van der Waals surface area (Å²) in [5.74, 6) is 1.92. The second kappa shape index (κ2) is 5.90. The van der Waals surface area contributed by atoms with Crippen molar-refractivity contribution in [2.75, 3.05) is 11.1 Å². The molecule has 108 valence electrons. The van der Waals surface area contributed by atoms with Gasteiger partial charge < -0.3 is 5.32 Å². The van der Waals surface area contributed by atoms with E-state index in [0.29, 0.717) is 0 Å². The molecule has 5 heteroatoms. The van der Waals surface area contributed by atoms with Crippen molar-refractivity contribution in [1.29, 1.82) is 0 Å². The summed E-state index contributed by atoms with van der Waals surface area (Å²) in [6.07, 6.45) is 5.13. The van der Waals surface area contributed by atoms with Crippen LogP contribution in [-0.2, 0) is 0 Å². The third-order valence-electron chi connectivity index (χ3n) is 4.06. The van der Waals surface area contributed by atoms with Crippen LogP contribution < -0.4 is 5.32 Å². The molecule has 3 rings (SSSR count). The van der Waals surface area contributed by atoms with Crippen LogP contribution in [0.25, 0.3) is 0 Å². The van der Waals surface area contributed by atoms with E-state index in [1.165, 1.54) is 25.7 Å². The van der Waals surface area contributed by atoms with Gasteiger partial charge in [-0.3, -0.25) is 4.99 Å². The molecule has 0 aromatic heterocycles.